The van der Waals surface area contributed by atoms with Crippen molar-refractivity contribution in [2.75, 3.05) is 13.1 Å². The number of alkyl halides is 3. The van der Waals surface area contributed by atoms with Crippen molar-refractivity contribution in [2.24, 2.45) is 0 Å². The second-order valence-electron chi connectivity index (χ2n) is 6.16. The van der Waals surface area contributed by atoms with Crippen molar-refractivity contribution in [2.45, 2.75) is 37.5 Å². The van der Waals surface area contributed by atoms with E-state index in [4.69, 9.17) is 4.52 Å². The van der Waals surface area contributed by atoms with Crippen LogP contribution in [0.3, 0.4) is 0 Å². The van der Waals surface area contributed by atoms with Crippen LogP contribution in [0.15, 0.2) is 29.1 Å². The van der Waals surface area contributed by atoms with E-state index >= 15 is 0 Å². The predicted molar refractivity (Wildman–Crippen MR) is 78.9 cm³/mol. The first-order valence-corrected chi connectivity index (χ1v) is 7.75. The van der Waals surface area contributed by atoms with E-state index in [1.54, 1.807) is 16.9 Å². The summed E-state index contributed by atoms with van der Waals surface area (Å²) in [4.78, 5) is 13.1. The van der Waals surface area contributed by atoms with Crippen LogP contribution in [0.5, 0.6) is 0 Å². The molecule has 0 aromatic carbocycles. The minimum Gasteiger partial charge on any atom is -0.373 e. The van der Waals surface area contributed by atoms with Gasteiger partial charge in [-0.1, -0.05) is 5.16 Å². The van der Waals surface area contributed by atoms with E-state index in [1.165, 1.54) is 6.26 Å². The number of nitrogens with zero attached hydrogens (tertiary/aromatic N) is 4. The lowest BCUT2D eigenvalue weighted by Gasteiger charge is -2.36. The molecule has 0 aliphatic carbocycles. The van der Waals surface area contributed by atoms with Crippen LogP contribution in [0, 0.1) is 0 Å². The summed E-state index contributed by atoms with van der Waals surface area (Å²) in [6.07, 6.45) is -1.06. The van der Waals surface area contributed by atoms with Gasteiger partial charge in [0.2, 0.25) is 5.60 Å². The van der Waals surface area contributed by atoms with E-state index < -0.39 is 17.7 Å². The molecule has 1 fully saturated rings. The second kappa shape index (κ2) is 6.17. The van der Waals surface area contributed by atoms with Gasteiger partial charge in [0.25, 0.3) is 5.91 Å². The zero-order valence-electron chi connectivity index (χ0n) is 13.4. The summed E-state index contributed by atoms with van der Waals surface area (Å²) < 4.78 is 44.9. The largest absolute Gasteiger partial charge is 0.426 e. The van der Waals surface area contributed by atoms with Crippen molar-refractivity contribution in [1.82, 2.24) is 19.8 Å². The molecule has 2 aromatic heterocycles. The average molecular weight is 358 g/mol. The Bertz CT molecular complexity index is 732. The first-order chi connectivity index (χ1) is 11.7. The normalized spacial score (nSPS) is 19.0. The molecule has 2 aromatic rings. The number of rotatable bonds is 3. The summed E-state index contributed by atoms with van der Waals surface area (Å²) >= 11 is 0. The van der Waals surface area contributed by atoms with Gasteiger partial charge in [0.15, 0.2) is 5.82 Å². The van der Waals surface area contributed by atoms with E-state index in [2.05, 4.69) is 10.3 Å². The van der Waals surface area contributed by atoms with Crippen LogP contribution < -0.4 is 0 Å². The summed E-state index contributed by atoms with van der Waals surface area (Å²) in [5, 5.41) is 17.5. The molecule has 1 saturated heterocycles. The minimum absolute atomic E-state index is 0.0130. The number of carbonyl (C=O) groups excluding carboxylic acids is 1. The summed E-state index contributed by atoms with van der Waals surface area (Å²) in [5.74, 6) is -0.791. The average Bonchev–Trinajstić information content (AvgIpc) is 3.24. The van der Waals surface area contributed by atoms with Gasteiger partial charge in [0, 0.05) is 37.0 Å². The lowest BCUT2D eigenvalue weighted by Crippen LogP contribution is -2.57. The fourth-order valence-corrected chi connectivity index (χ4v) is 2.94. The molecule has 1 aliphatic rings. The Morgan fingerprint density at radius 2 is 2.00 bits per heavy atom. The molecule has 0 bridgehead atoms. The molecule has 1 aliphatic heterocycles. The van der Waals surface area contributed by atoms with Crippen LogP contribution in [-0.2, 0) is 4.79 Å². The number of amides is 1. The second-order valence-corrected chi connectivity index (χ2v) is 6.16. The van der Waals surface area contributed by atoms with Gasteiger partial charge in [-0.3, -0.25) is 4.79 Å². The smallest absolute Gasteiger partial charge is 0.373 e. The number of halogens is 3. The fourth-order valence-electron chi connectivity index (χ4n) is 2.94. The standard InChI is InChI=1S/C15H17F3N4O3/c1-14(24,15(16,17)18)13(23)21-7-3-10(4-8-21)11-2-6-19-22(11)12-5-9-25-20-12/h2,5-6,9-10,24H,3-4,7-8H2,1H3/t14-/m1/s1. The molecule has 7 nitrogen and oxygen atoms in total. The summed E-state index contributed by atoms with van der Waals surface area (Å²) in [6.45, 7) is 0.737. The number of piperidine rings is 1. The molecule has 25 heavy (non-hydrogen) atoms. The quantitative estimate of drug-likeness (QED) is 0.906. The van der Waals surface area contributed by atoms with Gasteiger partial charge in [0.1, 0.15) is 6.26 Å². The molecule has 0 unspecified atom stereocenters. The van der Waals surface area contributed by atoms with E-state index in [-0.39, 0.29) is 19.0 Å². The Kier molecular flexibility index (Phi) is 4.31. The number of hydrogen-bond donors (Lipinski definition) is 1. The zero-order valence-corrected chi connectivity index (χ0v) is 13.4. The van der Waals surface area contributed by atoms with Crippen LogP contribution in [0.1, 0.15) is 31.4 Å². The fraction of sp³-hybridized carbons (Fsp3) is 0.533. The van der Waals surface area contributed by atoms with Gasteiger partial charge in [0.05, 0.1) is 0 Å². The van der Waals surface area contributed by atoms with Crippen LogP contribution in [0.25, 0.3) is 5.82 Å². The summed E-state index contributed by atoms with van der Waals surface area (Å²) in [6, 6.07) is 3.46. The Hall–Kier alpha value is -2.36. The molecule has 3 rings (SSSR count). The Morgan fingerprint density at radius 1 is 1.32 bits per heavy atom. The van der Waals surface area contributed by atoms with Crippen molar-refractivity contribution < 1.29 is 27.6 Å². The lowest BCUT2D eigenvalue weighted by molar-refractivity contribution is -0.250. The highest BCUT2D eigenvalue weighted by atomic mass is 19.4. The van der Waals surface area contributed by atoms with Gasteiger partial charge in [-0.2, -0.15) is 18.3 Å². The molecular formula is C15H17F3N4O3. The SMILES string of the molecule is C[C@@](O)(C(=O)N1CCC(c2ccnn2-c2ccon2)CC1)C(F)(F)F. The molecule has 3 heterocycles. The topological polar surface area (TPSA) is 84.4 Å². The van der Waals surface area contributed by atoms with Crippen molar-refractivity contribution in [3.63, 3.8) is 0 Å². The third-order valence-electron chi connectivity index (χ3n) is 4.48. The molecule has 1 amide bonds. The van der Waals surface area contributed by atoms with Gasteiger partial charge in [-0.05, 0) is 25.8 Å². The molecule has 1 N–H and O–H groups in total. The predicted octanol–water partition coefficient (Wildman–Crippen LogP) is 1.88. The van der Waals surface area contributed by atoms with Crippen LogP contribution >= 0.6 is 0 Å². The number of hydrogen-bond acceptors (Lipinski definition) is 5. The molecule has 1 atom stereocenters. The Balaban J connectivity index is 1.69. The molecule has 10 heteroatoms. The number of aromatic nitrogens is 3. The first kappa shape index (κ1) is 17.5. The van der Waals surface area contributed by atoms with Crippen LogP contribution in [0.2, 0.25) is 0 Å². The molecular weight excluding hydrogens is 341 g/mol. The Labute approximate surface area is 141 Å². The van der Waals surface area contributed by atoms with E-state index in [0.717, 1.165) is 10.6 Å². The van der Waals surface area contributed by atoms with Gasteiger partial charge >= 0.3 is 6.18 Å². The molecule has 0 saturated carbocycles. The van der Waals surface area contributed by atoms with E-state index in [9.17, 15) is 23.1 Å². The molecule has 136 valence electrons. The van der Waals surface area contributed by atoms with E-state index in [0.29, 0.717) is 25.6 Å². The Morgan fingerprint density at radius 3 is 2.56 bits per heavy atom. The molecule has 0 spiro atoms. The zero-order chi connectivity index (χ0) is 18.2. The van der Waals surface area contributed by atoms with Gasteiger partial charge < -0.3 is 14.5 Å². The van der Waals surface area contributed by atoms with Crippen molar-refractivity contribution in [3.05, 3.63) is 30.3 Å². The molecule has 0 radical (unpaired) electrons. The summed E-state index contributed by atoms with van der Waals surface area (Å²) in [5.41, 5.74) is -2.52. The maximum Gasteiger partial charge on any atom is 0.426 e. The first-order valence-electron chi connectivity index (χ1n) is 7.75. The van der Waals surface area contributed by atoms with E-state index in [1.807, 2.05) is 6.07 Å². The van der Waals surface area contributed by atoms with Crippen molar-refractivity contribution in [1.29, 1.82) is 0 Å². The lowest BCUT2D eigenvalue weighted by atomic mass is 9.92. The highest BCUT2D eigenvalue weighted by molar-refractivity contribution is 5.85. The maximum atomic E-state index is 12.8. The maximum absolute atomic E-state index is 12.8. The highest BCUT2D eigenvalue weighted by Crippen LogP contribution is 2.34. The summed E-state index contributed by atoms with van der Waals surface area (Å²) in [7, 11) is 0. The third-order valence-corrected chi connectivity index (χ3v) is 4.48. The van der Waals surface area contributed by atoms with Crippen molar-refractivity contribution >= 4 is 5.91 Å². The third kappa shape index (κ3) is 3.13. The van der Waals surface area contributed by atoms with Crippen LogP contribution in [-0.4, -0.2) is 55.7 Å². The van der Waals surface area contributed by atoms with Gasteiger partial charge in [-0.25, -0.2) is 4.68 Å². The highest BCUT2D eigenvalue weighted by Gasteiger charge is 2.57. The minimum atomic E-state index is -5.01. The number of carbonyl (C=O) groups is 1. The van der Waals surface area contributed by atoms with Crippen molar-refractivity contribution in [3.8, 4) is 5.82 Å². The number of aliphatic hydroxyl groups is 1. The van der Waals surface area contributed by atoms with Gasteiger partial charge in [-0.15, -0.1) is 0 Å². The van der Waals surface area contributed by atoms with Crippen LogP contribution in [0.4, 0.5) is 13.2 Å². The monoisotopic (exact) mass is 358 g/mol. The number of likely N-dealkylation sites (tertiary alicyclic amines) is 1.